The van der Waals surface area contributed by atoms with E-state index in [1.807, 2.05) is 13.0 Å². The molecule has 2 aromatic rings. The van der Waals surface area contributed by atoms with Crippen molar-refractivity contribution < 1.29 is 9.59 Å². The summed E-state index contributed by atoms with van der Waals surface area (Å²) in [7, 11) is 0. The van der Waals surface area contributed by atoms with Crippen LogP contribution in [0.5, 0.6) is 0 Å². The maximum Gasteiger partial charge on any atom is 0.326 e. The molecule has 0 aromatic heterocycles. The molecule has 0 fully saturated rings. The molecule has 1 heterocycles. The summed E-state index contributed by atoms with van der Waals surface area (Å²) in [6.45, 7) is 2.68. The number of nitrogens with zero attached hydrogens (tertiary/aromatic N) is 1. The minimum absolute atomic E-state index is 0.170. The third kappa shape index (κ3) is 2.65. The van der Waals surface area contributed by atoms with E-state index in [4.69, 9.17) is 5.73 Å². The molecule has 0 atom stereocenters. The van der Waals surface area contributed by atoms with Crippen molar-refractivity contribution >= 4 is 23.3 Å². The largest absolute Gasteiger partial charge is 0.366 e. The summed E-state index contributed by atoms with van der Waals surface area (Å²) in [5.74, 6) is -0.484. The molecule has 1 aliphatic heterocycles. The van der Waals surface area contributed by atoms with E-state index in [2.05, 4.69) is 17.4 Å². The Kier molecular flexibility index (Phi) is 3.55. The first-order valence-corrected chi connectivity index (χ1v) is 7.12. The molecule has 3 rings (SSSR count). The fourth-order valence-corrected chi connectivity index (χ4v) is 2.61. The van der Waals surface area contributed by atoms with Gasteiger partial charge in [-0.05, 0) is 54.8 Å². The lowest BCUT2D eigenvalue weighted by molar-refractivity contribution is 0.100. The van der Waals surface area contributed by atoms with Crippen molar-refractivity contribution in [1.29, 1.82) is 0 Å². The van der Waals surface area contributed by atoms with Crippen molar-refractivity contribution in [2.45, 2.75) is 13.3 Å². The Hall–Kier alpha value is -2.82. The Labute approximate surface area is 128 Å². The lowest BCUT2D eigenvalue weighted by Crippen LogP contribution is -2.33. The third-order valence-electron chi connectivity index (χ3n) is 3.80. The topological polar surface area (TPSA) is 75.4 Å². The van der Waals surface area contributed by atoms with Crippen LogP contribution in [-0.4, -0.2) is 18.5 Å². The van der Waals surface area contributed by atoms with Crippen molar-refractivity contribution in [2.24, 2.45) is 5.73 Å². The maximum absolute atomic E-state index is 12.4. The minimum Gasteiger partial charge on any atom is -0.366 e. The molecule has 0 radical (unpaired) electrons. The van der Waals surface area contributed by atoms with Crippen molar-refractivity contribution in [3.05, 3.63) is 59.2 Å². The van der Waals surface area contributed by atoms with Crippen LogP contribution in [0.2, 0.25) is 0 Å². The van der Waals surface area contributed by atoms with Crippen molar-refractivity contribution in [3.63, 3.8) is 0 Å². The van der Waals surface area contributed by atoms with Crippen LogP contribution in [0.4, 0.5) is 16.2 Å². The van der Waals surface area contributed by atoms with E-state index < -0.39 is 5.91 Å². The predicted octanol–water partition coefficient (Wildman–Crippen LogP) is 2.69. The van der Waals surface area contributed by atoms with Gasteiger partial charge in [-0.2, -0.15) is 0 Å². The van der Waals surface area contributed by atoms with Gasteiger partial charge < -0.3 is 11.1 Å². The molecular weight excluding hydrogens is 278 g/mol. The smallest absolute Gasteiger partial charge is 0.326 e. The van der Waals surface area contributed by atoms with Gasteiger partial charge in [0.1, 0.15) is 0 Å². The molecule has 1 aliphatic rings. The summed E-state index contributed by atoms with van der Waals surface area (Å²) in [4.78, 5) is 25.2. The zero-order valence-electron chi connectivity index (χ0n) is 12.3. The summed E-state index contributed by atoms with van der Waals surface area (Å²) in [6, 6.07) is 12.5. The number of amides is 3. The number of hydrogen-bond donors (Lipinski definition) is 2. The monoisotopic (exact) mass is 295 g/mol. The van der Waals surface area contributed by atoms with Crippen molar-refractivity contribution in [2.75, 3.05) is 16.8 Å². The van der Waals surface area contributed by atoms with Gasteiger partial charge in [-0.25, -0.2) is 4.79 Å². The number of primary amides is 1. The number of aryl methyl sites for hydroxylation is 1. The number of anilines is 2. The average Bonchev–Trinajstić information content (AvgIpc) is 2.90. The van der Waals surface area contributed by atoms with E-state index in [1.54, 1.807) is 29.2 Å². The number of hydrogen-bond acceptors (Lipinski definition) is 2. The fourth-order valence-electron chi connectivity index (χ4n) is 2.61. The van der Waals surface area contributed by atoms with Crippen molar-refractivity contribution in [1.82, 2.24) is 0 Å². The molecule has 112 valence electrons. The van der Waals surface area contributed by atoms with Gasteiger partial charge >= 0.3 is 6.03 Å². The van der Waals surface area contributed by atoms with Gasteiger partial charge in [0.2, 0.25) is 5.91 Å². The number of rotatable bonds is 2. The lowest BCUT2D eigenvalue weighted by atomic mass is 10.1. The Balaban J connectivity index is 1.76. The summed E-state index contributed by atoms with van der Waals surface area (Å²) in [6.07, 6.45) is 0.865. The van der Waals surface area contributed by atoms with E-state index in [1.165, 1.54) is 5.56 Å². The van der Waals surface area contributed by atoms with Crippen molar-refractivity contribution in [3.8, 4) is 0 Å². The highest BCUT2D eigenvalue weighted by atomic mass is 16.2. The van der Waals surface area contributed by atoms with Crippen LogP contribution in [0.3, 0.4) is 0 Å². The number of carbonyl (C=O) groups excluding carboxylic acids is 2. The lowest BCUT2D eigenvalue weighted by Gasteiger charge is -2.18. The molecule has 0 saturated heterocycles. The van der Waals surface area contributed by atoms with Crippen LogP contribution >= 0.6 is 0 Å². The van der Waals surface area contributed by atoms with Gasteiger partial charge in [0.25, 0.3) is 0 Å². The zero-order chi connectivity index (χ0) is 15.7. The first-order chi connectivity index (χ1) is 10.5. The Morgan fingerprint density at radius 3 is 2.55 bits per heavy atom. The van der Waals surface area contributed by atoms with Crippen LogP contribution in [0.1, 0.15) is 21.5 Å². The second kappa shape index (κ2) is 5.52. The number of nitrogens with one attached hydrogen (secondary N) is 1. The summed E-state index contributed by atoms with van der Waals surface area (Å²) >= 11 is 0. The quantitative estimate of drug-likeness (QED) is 0.893. The standard InChI is InChI=1S/C17H17N3O2/c1-11-2-3-12-8-9-20(15(12)10-11)17(22)19-14-6-4-13(5-7-14)16(18)21/h2-7,10H,8-9H2,1H3,(H2,18,21)(H,19,22). The molecule has 5 nitrogen and oxygen atoms in total. The van der Waals surface area contributed by atoms with E-state index in [9.17, 15) is 9.59 Å². The van der Waals surface area contributed by atoms with Gasteiger partial charge in [0.05, 0.1) is 0 Å². The Morgan fingerprint density at radius 1 is 1.14 bits per heavy atom. The first kappa shape index (κ1) is 14.1. The highest BCUT2D eigenvalue weighted by Crippen LogP contribution is 2.29. The highest BCUT2D eigenvalue weighted by molar-refractivity contribution is 6.03. The molecule has 5 heteroatoms. The van der Waals surface area contributed by atoms with Gasteiger partial charge in [-0.3, -0.25) is 9.69 Å². The van der Waals surface area contributed by atoms with E-state index in [0.717, 1.165) is 17.7 Å². The molecule has 22 heavy (non-hydrogen) atoms. The van der Waals surface area contributed by atoms with E-state index in [-0.39, 0.29) is 6.03 Å². The third-order valence-corrected chi connectivity index (χ3v) is 3.80. The molecular formula is C17H17N3O2. The number of fused-ring (bicyclic) bond motifs is 1. The number of carbonyl (C=O) groups is 2. The number of benzene rings is 2. The summed E-state index contributed by atoms with van der Waals surface area (Å²) < 4.78 is 0. The van der Waals surface area contributed by atoms with Crippen LogP contribution in [0.15, 0.2) is 42.5 Å². The second-order valence-corrected chi connectivity index (χ2v) is 5.41. The SMILES string of the molecule is Cc1ccc2c(c1)N(C(=O)Nc1ccc(C(N)=O)cc1)CC2. The van der Waals surface area contributed by atoms with Gasteiger partial charge in [-0.1, -0.05) is 12.1 Å². The Morgan fingerprint density at radius 2 is 1.86 bits per heavy atom. The molecule has 3 N–H and O–H groups in total. The summed E-state index contributed by atoms with van der Waals surface area (Å²) in [5.41, 5.74) is 9.53. The molecule has 0 saturated carbocycles. The molecule has 0 aliphatic carbocycles. The van der Waals surface area contributed by atoms with Gasteiger partial charge in [-0.15, -0.1) is 0 Å². The number of urea groups is 1. The average molecular weight is 295 g/mol. The minimum atomic E-state index is -0.484. The Bertz CT molecular complexity index is 738. The van der Waals surface area contributed by atoms with Crippen LogP contribution < -0.4 is 16.0 Å². The second-order valence-electron chi connectivity index (χ2n) is 5.41. The van der Waals surface area contributed by atoms with Crippen LogP contribution in [0.25, 0.3) is 0 Å². The number of nitrogens with two attached hydrogens (primary N) is 1. The van der Waals surface area contributed by atoms with Crippen LogP contribution in [-0.2, 0) is 6.42 Å². The van der Waals surface area contributed by atoms with Gasteiger partial charge in [0, 0.05) is 23.5 Å². The predicted molar refractivity (Wildman–Crippen MR) is 86.2 cm³/mol. The van der Waals surface area contributed by atoms with Crippen LogP contribution in [0, 0.1) is 6.92 Å². The molecule has 0 unspecified atom stereocenters. The maximum atomic E-state index is 12.4. The van der Waals surface area contributed by atoms with E-state index >= 15 is 0 Å². The molecule has 0 spiro atoms. The normalized spacial score (nSPS) is 12.9. The molecule has 2 aromatic carbocycles. The fraction of sp³-hybridized carbons (Fsp3) is 0.176. The van der Waals surface area contributed by atoms with Gasteiger partial charge in [0.15, 0.2) is 0 Å². The first-order valence-electron chi connectivity index (χ1n) is 7.12. The highest BCUT2D eigenvalue weighted by Gasteiger charge is 2.24. The van der Waals surface area contributed by atoms with E-state index in [0.29, 0.717) is 17.8 Å². The molecule has 3 amide bonds. The molecule has 0 bridgehead atoms. The summed E-state index contributed by atoms with van der Waals surface area (Å²) in [5, 5.41) is 2.85. The zero-order valence-corrected chi connectivity index (χ0v) is 12.3.